The third-order valence-corrected chi connectivity index (χ3v) is 3.77. The monoisotopic (exact) mass is 277 g/mol. The van der Waals surface area contributed by atoms with E-state index in [0.717, 1.165) is 11.8 Å². The molecule has 0 bridgehead atoms. The summed E-state index contributed by atoms with van der Waals surface area (Å²) >= 11 is 0. The van der Waals surface area contributed by atoms with Gasteiger partial charge in [0.1, 0.15) is 16.7 Å². The maximum Gasteiger partial charge on any atom is 0.242 e. The Morgan fingerprint density at radius 2 is 2.21 bits per heavy atom. The number of nitrogens with one attached hydrogen (secondary N) is 1. The van der Waals surface area contributed by atoms with E-state index < -0.39 is 10.0 Å². The number of aromatic nitrogens is 3. The fourth-order valence-corrected chi connectivity index (χ4v) is 2.39. The third kappa shape index (κ3) is 3.15. The van der Waals surface area contributed by atoms with Crippen molar-refractivity contribution in [1.82, 2.24) is 19.5 Å². The van der Waals surface area contributed by atoms with Crippen LogP contribution in [0.15, 0.2) is 35.6 Å². The van der Waals surface area contributed by atoms with Crippen LogP contribution in [-0.4, -0.2) is 23.2 Å². The molecular weight excluding hydrogens is 266 g/mol. The van der Waals surface area contributed by atoms with Crippen LogP contribution in [0, 0.1) is 11.3 Å². The average Bonchev–Trinajstić information content (AvgIpc) is 2.82. The highest BCUT2D eigenvalue weighted by Crippen LogP contribution is 2.08. The molecule has 0 fully saturated rings. The molecule has 0 aliphatic heterocycles. The quantitative estimate of drug-likeness (QED) is 0.858. The van der Waals surface area contributed by atoms with Gasteiger partial charge in [0.25, 0.3) is 0 Å². The van der Waals surface area contributed by atoms with Gasteiger partial charge in [-0.25, -0.2) is 18.1 Å². The molecule has 0 aromatic carbocycles. The van der Waals surface area contributed by atoms with Crippen LogP contribution >= 0.6 is 0 Å². The van der Waals surface area contributed by atoms with E-state index in [1.807, 2.05) is 6.07 Å². The molecule has 7 nitrogen and oxygen atoms in total. The third-order valence-electron chi connectivity index (χ3n) is 2.39. The largest absolute Gasteiger partial charge is 0.275 e. The molecule has 0 saturated carbocycles. The van der Waals surface area contributed by atoms with Crippen molar-refractivity contribution in [3.8, 4) is 6.07 Å². The lowest BCUT2D eigenvalue weighted by molar-refractivity contribution is 0.581. The van der Waals surface area contributed by atoms with Gasteiger partial charge in [0.05, 0.1) is 6.20 Å². The first kappa shape index (κ1) is 13.2. The number of nitrogens with zero attached hydrogens (tertiary/aromatic N) is 4. The fourth-order valence-electron chi connectivity index (χ4n) is 1.43. The Balaban J connectivity index is 2.11. The van der Waals surface area contributed by atoms with Crippen LogP contribution in [0.4, 0.5) is 0 Å². The van der Waals surface area contributed by atoms with Crippen LogP contribution in [0.1, 0.15) is 11.3 Å². The first-order chi connectivity index (χ1) is 9.01. The second-order valence-corrected chi connectivity index (χ2v) is 5.60. The van der Waals surface area contributed by atoms with Gasteiger partial charge < -0.3 is 0 Å². The molecule has 19 heavy (non-hydrogen) atoms. The maximum absolute atomic E-state index is 12.0. The van der Waals surface area contributed by atoms with Crippen LogP contribution in [0.3, 0.4) is 0 Å². The predicted molar refractivity (Wildman–Crippen MR) is 66.2 cm³/mol. The van der Waals surface area contributed by atoms with Crippen molar-refractivity contribution in [2.45, 2.75) is 11.4 Å². The van der Waals surface area contributed by atoms with Crippen molar-refractivity contribution >= 4 is 10.0 Å². The molecule has 0 spiro atoms. The maximum atomic E-state index is 12.0. The number of rotatable bonds is 4. The molecule has 1 N–H and O–H groups in total. The van der Waals surface area contributed by atoms with Gasteiger partial charge >= 0.3 is 0 Å². The molecule has 2 rings (SSSR count). The fraction of sp³-hybridized carbons (Fsp3) is 0.182. The van der Waals surface area contributed by atoms with Gasteiger partial charge in [-0.1, -0.05) is 0 Å². The second-order valence-electron chi connectivity index (χ2n) is 3.84. The first-order valence-electron chi connectivity index (χ1n) is 5.34. The van der Waals surface area contributed by atoms with E-state index in [9.17, 15) is 8.42 Å². The lowest BCUT2D eigenvalue weighted by Crippen LogP contribution is -2.23. The Bertz CT molecular complexity index is 712. The van der Waals surface area contributed by atoms with Crippen LogP contribution in [-0.2, 0) is 23.6 Å². The molecule has 0 aliphatic rings. The highest BCUT2D eigenvalue weighted by atomic mass is 32.2. The molecule has 0 aliphatic carbocycles. The minimum absolute atomic E-state index is 0.0235. The van der Waals surface area contributed by atoms with Crippen molar-refractivity contribution in [1.29, 1.82) is 5.26 Å². The van der Waals surface area contributed by atoms with Crippen LogP contribution in [0.2, 0.25) is 0 Å². The highest BCUT2D eigenvalue weighted by Gasteiger charge is 2.14. The van der Waals surface area contributed by atoms with Gasteiger partial charge in [0.2, 0.25) is 10.0 Å². The van der Waals surface area contributed by atoms with E-state index in [4.69, 9.17) is 5.26 Å². The minimum atomic E-state index is -3.63. The van der Waals surface area contributed by atoms with Crippen LogP contribution < -0.4 is 4.72 Å². The summed E-state index contributed by atoms with van der Waals surface area (Å²) in [5.41, 5.74) is 0.930. The van der Waals surface area contributed by atoms with Gasteiger partial charge in [0, 0.05) is 31.5 Å². The Morgan fingerprint density at radius 3 is 2.74 bits per heavy atom. The number of hydrogen-bond acceptors (Lipinski definition) is 5. The lowest BCUT2D eigenvalue weighted by atomic mass is 10.4. The molecule has 2 aromatic heterocycles. The number of hydrogen-bond donors (Lipinski definition) is 1. The van der Waals surface area contributed by atoms with E-state index in [0.29, 0.717) is 0 Å². The molecule has 2 heterocycles. The summed E-state index contributed by atoms with van der Waals surface area (Å²) in [6.07, 6.45) is 4.46. The lowest BCUT2D eigenvalue weighted by Gasteiger charge is -2.04. The average molecular weight is 277 g/mol. The SMILES string of the molecule is Cn1cc(CNS(=O)(=O)c2ccc(C#N)nc2)cn1. The molecule has 0 amide bonds. The summed E-state index contributed by atoms with van der Waals surface area (Å²) in [6, 6.07) is 4.53. The smallest absolute Gasteiger partial charge is 0.242 e. The molecule has 8 heteroatoms. The Labute approximate surface area is 110 Å². The molecule has 0 radical (unpaired) electrons. The Kier molecular flexibility index (Phi) is 3.59. The Morgan fingerprint density at radius 1 is 1.42 bits per heavy atom. The van der Waals surface area contributed by atoms with E-state index >= 15 is 0 Å². The van der Waals surface area contributed by atoms with Crippen LogP contribution in [0.25, 0.3) is 0 Å². The van der Waals surface area contributed by atoms with Gasteiger partial charge in [-0.2, -0.15) is 10.4 Å². The molecule has 98 valence electrons. The van der Waals surface area contributed by atoms with E-state index in [-0.39, 0.29) is 17.1 Å². The van der Waals surface area contributed by atoms with Gasteiger partial charge in [-0.05, 0) is 12.1 Å². The van der Waals surface area contributed by atoms with Gasteiger partial charge in [-0.3, -0.25) is 4.68 Å². The number of nitriles is 1. The van der Waals surface area contributed by atoms with Crippen molar-refractivity contribution in [2.24, 2.45) is 7.05 Å². The zero-order valence-corrected chi connectivity index (χ0v) is 10.9. The summed E-state index contributed by atoms with van der Waals surface area (Å²) in [5.74, 6) is 0. The summed E-state index contributed by atoms with van der Waals surface area (Å²) in [7, 11) is -1.88. The first-order valence-corrected chi connectivity index (χ1v) is 6.83. The molecule has 0 atom stereocenters. The predicted octanol–water partition coefficient (Wildman–Crippen LogP) is 0.165. The zero-order chi connectivity index (χ0) is 13.9. The van der Waals surface area contributed by atoms with Gasteiger partial charge in [-0.15, -0.1) is 0 Å². The van der Waals surface area contributed by atoms with E-state index in [2.05, 4.69) is 14.8 Å². The number of pyridine rings is 1. The normalized spacial score (nSPS) is 11.2. The van der Waals surface area contributed by atoms with E-state index in [1.165, 1.54) is 12.1 Å². The van der Waals surface area contributed by atoms with E-state index in [1.54, 1.807) is 24.1 Å². The standard InChI is InChI=1S/C11H11N5O2S/c1-16-8-9(5-14-16)6-15-19(17,18)11-3-2-10(4-12)13-7-11/h2-3,5,7-8,15H,6H2,1H3. The summed E-state index contributed by atoms with van der Waals surface area (Å²) in [5, 5.41) is 12.5. The Hall–Kier alpha value is -2.24. The minimum Gasteiger partial charge on any atom is -0.275 e. The van der Waals surface area contributed by atoms with Crippen molar-refractivity contribution in [3.63, 3.8) is 0 Å². The van der Waals surface area contributed by atoms with Crippen LogP contribution in [0.5, 0.6) is 0 Å². The van der Waals surface area contributed by atoms with Gasteiger partial charge in [0.15, 0.2) is 0 Å². The molecule has 0 unspecified atom stereocenters. The van der Waals surface area contributed by atoms with Crippen molar-refractivity contribution in [3.05, 3.63) is 42.0 Å². The molecule has 0 saturated heterocycles. The topological polar surface area (TPSA) is 101 Å². The summed E-state index contributed by atoms with van der Waals surface area (Å²) < 4.78 is 27.9. The number of aryl methyl sites for hydroxylation is 1. The number of sulfonamides is 1. The summed E-state index contributed by atoms with van der Waals surface area (Å²) in [4.78, 5) is 3.75. The zero-order valence-electron chi connectivity index (χ0n) is 10.1. The summed E-state index contributed by atoms with van der Waals surface area (Å²) in [6.45, 7) is 0.149. The molecule has 2 aromatic rings. The van der Waals surface area contributed by atoms with Crippen molar-refractivity contribution in [2.75, 3.05) is 0 Å². The van der Waals surface area contributed by atoms with Crippen molar-refractivity contribution < 1.29 is 8.42 Å². The molecular formula is C11H11N5O2S. The highest BCUT2D eigenvalue weighted by molar-refractivity contribution is 7.89. The second kappa shape index (κ2) is 5.17.